The van der Waals surface area contributed by atoms with E-state index in [1.807, 2.05) is 13.1 Å². The number of aryl methyl sites for hydroxylation is 1. The highest BCUT2D eigenvalue weighted by Gasteiger charge is 2.45. The fourth-order valence-corrected chi connectivity index (χ4v) is 4.01. The first-order valence-corrected chi connectivity index (χ1v) is 9.49. The summed E-state index contributed by atoms with van der Waals surface area (Å²) in [6.07, 6.45) is 8.29. The van der Waals surface area contributed by atoms with E-state index in [0.29, 0.717) is 31.3 Å². The van der Waals surface area contributed by atoms with Crippen molar-refractivity contribution in [3.63, 3.8) is 0 Å². The number of rotatable bonds is 6. The molecule has 1 saturated carbocycles. The number of hydrogen-bond acceptors (Lipinski definition) is 5. The molecule has 1 unspecified atom stereocenters. The van der Waals surface area contributed by atoms with Crippen LogP contribution >= 0.6 is 0 Å². The second-order valence-corrected chi connectivity index (χ2v) is 8.02. The quantitative estimate of drug-likeness (QED) is 0.832. The molecule has 8 nitrogen and oxygen atoms in total. The molecule has 2 aliphatic rings. The van der Waals surface area contributed by atoms with E-state index in [-0.39, 0.29) is 17.5 Å². The molecule has 0 bridgehead atoms. The fraction of sp³-hybridized carbons (Fsp3) is 0.579. The van der Waals surface area contributed by atoms with E-state index in [4.69, 9.17) is 10.3 Å². The Morgan fingerprint density at radius 1 is 1.41 bits per heavy atom. The van der Waals surface area contributed by atoms with E-state index in [1.54, 1.807) is 21.8 Å². The predicted octanol–water partition coefficient (Wildman–Crippen LogP) is 1.74. The number of carbonyl (C=O) groups is 2. The van der Waals surface area contributed by atoms with E-state index in [1.165, 1.54) is 0 Å². The molecule has 2 aromatic heterocycles. The molecule has 8 heteroatoms. The van der Waals surface area contributed by atoms with Crippen molar-refractivity contribution < 1.29 is 14.1 Å². The van der Waals surface area contributed by atoms with Gasteiger partial charge in [-0.2, -0.15) is 5.10 Å². The average molecular weight is 371 g/mol. The lowest BCUT2D eigenvalue weighted by atomic mass is 9.75. The number of hydrogen-bond donors (Lipinski definition) is 1. The van der Waals surface area contributed by atoms with Gasteiger partial charge in [0.15, 0.2) is 11.5 Å². The molecule has 2 fully saturated rings. The van der Waals surface area contributed by atoms with Crippen LogP contribution in [0.1, 0.15) is 53.9 Å². The molecular weight excluding hydrogens is 346 g/mol. The fourth-order valence-electron chi connectivity index (χ4n) is 4.01. The zero-order valence-electron chi connectivity index (χ0n) is 15.6. The Bertz CT molecular complexity index is 853. The summed E-state index contributed by atoms with van der Waals surface area (Å²) < 4.78 is 7.05. The third-order valence-corrected chi connectivity index (χ3v) is 5.62. The van der Waals surface area contributed by atoms with Gasteiger partial charge in [-0.05, 0) is 37.7 Å². The maximum atomic E-state index is 12.9. The summed E-state index contributed by atoms with van der Waals surface area (Å²) >= 11 is 0. The lowest BCUT2D eigenvalue weighted by Gasteiger charge is -2.40. The molecule has 0 aromatic carbocycles. The SMILES string of the molecule is Cc1cnn(Cc2cc(C(=O)N3CCCC(CC4CC4)(C(N)=O)C3)no2)c1. The minimum atomic E-state index is -0.603. The van der Waals surface area contributed by atoms with E-state index in [9.17, 15) is 9.59 Å². The maximum absolute atomic E-state index is 12.9. The van der Waals surface area contributed by atoms with Gasteiger partial charge in [0, 0.05) is 25.4 Å². The van der Waals surface area contributed by atoms with Gasteiger partial charge < -0.3 is 15.2 Å². The molecule has 144 valence electrons. The minimum Gasteiger partial charge on any atom is -0.369 e. The number of piperidine rings is 1. The van der Waals surface area contributed by atoms with E-state index in [0.717, 1.165) is 37.7 Å². The molecule has 4 rings (SSSR count). The van der Waals surface area contributed by atoms with Crippen molar-refractivity contribution in [2.45, 2.75) is 45.6 Å². The van der Waals surface area contributed by atoms with Crippen molar-refractivity contribution in [1.29, 1.82) is 0 Å². The topological polar surface area (TPSA) is 107 Å². The van der Waals surface area contributed by atoms with Crippen molar-refractivity contribution in [3.8, 4) is 0 Å². The van der Waals surface area contributed by atoms with Crippen LogP contribution in [0.5, 0.6) is 0 Å². The second kappa shape index (κ2) is 6.83. The van der Waals surface area contributed by atoms with Crippen LogP contribution < -0.4 is 5.73 Å². The van der Waals surface area contributed by atoms with E-state index >= 15 is 0 Å². The average Bonchev–Trinajstić information content (AvgIpc) is 3.16. The lowest BCUT2D eigenvalue weighted by Crippen LogP contribution is -2.52. The summed E-state index contributed by atoms with van der Waals surface area (Å²) in [6, 6.07) is 1.65. The molecule has 0 radical (unpaired) electrons. The van der Waals surface area contributed by atoms with E-state index in [2.05, 4.69) is 10.3 Å². The van der Waals surface area contributed by atoms with Crippen LogP contribution in [0.3, 0.4) is 0 Å². The molecule has 0 spiro atoms. The van der Waals surface area contributed by atoms with Crippen molar-refractivity contribution in [3.05, 3.63) is 35.5 Å². The molecule has 2 aromatic rings. The standard InChI is InChI=1S/C19H25N5O3/c1-13-9-21-24(10-13)11-15-7-16(22-27-15)17(25)23-6-2-5-19(12-23,18(20)26)8-14-3-4-14/h7,9-10,14H,2-6,8,11-12H2,1H3,(H2,20,26). The van der Waals surface area contributed by atoms with Gasteiger partial charge in [-0.1, -0.05) is 18.0 Å². The van der Waals surface area contributed by atoms with Crippen molar-refractivity contribution in [1.82, 2.24) is 19.8 Å². The van der Waals surface area contributed by atoms with Gasteiger partial charge in [0.25, 0.3) is 5.91 Å². The number of carbonyl (C=O) groups excluding carboxylic acids is 2. The third kappa shape index (κ3) is 3.74. The van der Waals surface area contributed by atoms with Crippen LogP contribution in [0.4, 0.5) is 0 Å². The molecule has 1 aliphatic heterocycles. The monoisotopic (exact) mass is 371 g/mol. The first-order valence-electron chi connectivity index (χ1n) is 9.49. The Kier molecular flexibility index (Phi) is 4.49. The Morgan fingerprint density at radius 2 is 2.22 bits per heavy atom. The summed E-state index contributed by atoms with van der Waals surface area (Å²) in [4.78, 5) is 26.8. The third-order valence-electron chi connectivity index (χ3n) is 5.62. The number of amides is 2. The highest BCUT2D eigenvalue weighted by molar-refractivity contribution is 5.93. The Balaban J connectivity index is 1.46. The zero-order chi connectivity index (χ0) is 19.0. The van der Waals surface area contributed by atoms with Crippen LogP contribution in [0.25, 0.3) is 0 Å². The Morgan fingerprint density at radius 3 is 2.89 bits per heavy atom. The van der Waals surface area contributed by atoms with Crippen molar-refractivity contribution in [2.75, 3.05) is 13.1 Å². The number of nitrogens with zero attached hydrogens (tertiary/aromatic N) is 4. The summed E-state index contributed by atoms with van der Waals surface area (Å²) in [5, 5.41) is 8.15. The maximum Gasteiger partial charge on any atom is 0.276 e. The van der Waals surface area contributed by atoms with Crippen molar-refractivity contribution >= 4 is 11.8 Å². The summed E-state index contributed by atoms with van der Waals surface area (Å²) in [5.74, 6) is 0.644. The van der Waals surface area contributed by atoms with Crippen LogP contribution in [-0.2, 0) is 11.3 Å². The molecule has 2 amide bonds. The number of aromatic nitrogens is 3. The zero-order valence-corrected chi connectivity index (χ0v) is 15.6. The molecular formula is C19H25N5O3. The highest BCUT2D eigenvalue weighted by Crippen LogP contribution is 2.44. The first-order chi connectivity index (χ1) is 12.9. The molecule has 1 aliphatic carbocycles. The molecule has 2 N–H and O–H groups in total. The smallest absolute Gasteiger partial charge is 0.276 e. The summed E-state index contributed by atoms with van der Waals surface area (Å²) in [5.41, 5.74) is 6.47. The van der Waals surface area contributed by atoms with E-state index < -0.39 is 5.41 Å². The molecule has 27 heavy (non-hydrogen) atoms. The van der Waals surface area contributed by atoms with Gasteiger partial charge in [0.1, 0.15) is 6.54 Å². The first kappa shape index (κ1) is 17.8. The Hall–Kier alpha value is -2.64. The van der Waals surface area contributed by atoms with Gasteiger partial charge in [-0.15, -0.1) is 0 Å². The van der Waals surface area contributed by atoms with Gasteiger partial charge in [-0.3, -0.25) is 14.3 Å². The van der Waals surface area contributed by atoms with Crippen LogP contribution in [0.2, 0.25) is 0 Å². The van der Waals surface area contributed by atoms with Crippen LogP contribution in [0, 0.1) is 18.3 Å². The lowest BCUT2D eigenvalue weighted by molar-refractivity contribution is -0.131. The van der Waals surface area contributed by atoms with Crippen LogP contribution in [-0.4, -0.2) is 44.7 Å². The van der Waals surface area contributed by atoms with Gasteiger partial charge >= 0.3 is 0 Å². The minimum absolute atomic E-state index is 0.206. The van der Waals surface area contributed by atoms with Gasteiger partial charge in [0.2, 0.25) is 5.91 Å². The number of nitrogens with two attached hydrogens (primary N) is 1. The second-order valence-electron chi connectivity index (χ2n) is 8.02. The van der Waals surface area contributed by atoms with Gasteiger partial charge in [0.05, 0.1) is 11.6 Å². The highest BCUT2D eigenvalue weighted by atomic mass is 16.5. The number of primary amides is 1. The summed E-state index contributed by atoms with van der Waals surface area (Å²) in [6.45, 7) is 3.36. The van der Waals surface area contributed by atoms with Crippen LogP contribution in [0.15, 0.2) is 23.0 Å². The molecule has 1 atom stereocenters. The largest absolute Gasteiger partial charge is 0.369 e. The Labute approximate surface area is 157 Å². The van der Waals surface area contributed by atoms with Gasteiger partial charge in [-0.25, -0.2) is 0 Å². The normalized spacial score (nSPS) is 22.8. The summed E-state index contributed by atoms with van der Waals surface area (Å²) in [7, 11) is 0. The molecule has 3 heterocycles. The predicted molar refractivity (Wildman–Crippen MR) is 96.7 cm³/mol. The number of likely N-dealkylation sites (tertiary alicyclic amines) is 1. The molecule has 1 saturated heterocycles. The van der Waals surface area contributed by atoms with Crippen molar-refractivity contribution in [2.24, 2.45) is 17.1 Å².